The molecule has 0 atom stereocenters. The molecule has 0 radical (unpaired) electrons. The number of amidine groups is 1. The summed E-state index contributed by atoms with van der Waals surface area (Å²) < 4.78 is 5.74. The predicted octanol–water partition coefficient (Wildman–Crippen LogP) is 2.51. The monoisotopic (exact) mass is 259 g/mol. The van der Waals surface area contributed by atoms with E-state index in [4.69, 9.17) is 15.7 Å². The number of aromatic nitrogens is 1. The smallest absolute Gasteiger partial charge is 0.215 e. The van der Waals surface area contributed by atoms with Gasteiger partial charge in [0.1, 0.15) is 5.60 Å². The van der Waals surface area contributed by atoms with Crippen LogP contribution in [0, 0.1) is 0 Å². The van der Waals surface area contributed by atoms with E-state index in [1.54, 1.807) is 6.07 Å². The van der Waals surface area contributed by atoms with Gasteiger partial charge in [-0.15, -0.1) is 0 Å². The standard InChI is InChI=1S/C14H17N3O2/c1-14(2,3)19-12-8-10(13(15)17-18)9-6-4-5-7-11(9)16-12/h4-8,18H,1-3H3,(H2,15,17). The zero-order chi connectivity index (χ0) is 14.0. The van der Waals surface area contributed by atoms with Gasteiger partial charge >= 0.3 is 0 Å². The van der Waals surface area contributed by atoms with Crippen LogP contribution in [0.25, 0.3) is 10.9 Å². The van der Waals surface area contributed by atoms with E-state index >= 15 is 0 Å². The highest BCUT2D eigenvalue weighted by atomic mass is 16.5. The summed E-state index contributed by atoms with van der Waals surface area (Å²) in [6.45, 7) is 5.81. The van der Waals surface area contributed by atoms with Gasteiger partial charge in [0.05, 0.1) is 5.52 Å². The maximum atomic E-state index is 8.87. The Morgan fingerprint density at radius 2 is 2.00 bits per heavy atom. The van der Waals surface area contributed by atoms with Crippen LogP contribution in [0.2, 0.25) is 0 Å². The highest BCUT2D eigenvalue weighted by Gasteiger charge is 2.16. The summed E-state index contributed by atoms with van der Waals surface area (Å²) in [5.41, 5.74) is 6.69. The third-order valence-corrected chi connectivity index (χ3v) is 2.49. The molecule has 1 aromatic heterocycles. The second-order valence-electron chi connectivity index (χ2n) is 5.22. The Labute approximate surface area is 111 Å². The molecule has 0 fully saturated rings. The molecule has 0 aliphatic rings. The third kappa shape index (κ3) is 2.93. The van der Waals surface area contributed by atoms with Gasteiger partial charge in [-0.3, -0.25) is 0 Å². The predicted molar refractivity (Wildman–Crippen MR) is 74.6 cm³/mol. The number of nitrogens with two attached hydrogens (primary N) is 1. The summed E-state index contributed by atoms with van der Waals surface area (Å²) in [5, 5.41) is 12.7. The first-order chi connectivity index (χ1) is 8.90. The fourth-order valence-corrected chi connectivity index (χ4v) is 1.78. The van der Waals surface area contributed by atoms with Gasteiger partial charge in [0.2, 0.25) is 5.88 Å². The summed E-state index contributed by atoms with van der Waals surface area (Å²) >= 11 is 0. The third-order valence-electron chi connectivity index (χ3n) is 2.49. The first-order valence-corrected chi connectivity index (χ1v) is 5.97. The molecule has 5 heteroatoms. The van der Waals surface area contributed by atoms with Crippen molar-refractivity contribution in [1.82, 2.24) is 4.98 Å². The molecule has 0 spiro atoms. The van der Waals surface area contributed by atoms with Gasteiger partial charge in [-0.2, -0.15) is 0 Å². The van der Waals surface area contributed by atoms with E-state index in [9.17, 15) is 0 Å². The molecule has 0 unspecified atom stereocenters. The van der Waals surface area contributed by atoms with E-state index in [2.05, 4.69) is 10.1 Å². The molecule has 0 amide bonds. The van der Waals surface area contributed by atoms with Crippen LogP contribution >= 0.6 is 0 Å². The molecular formula is C14H17N3O2. The van der Waals surface area contributed by atoms with Gasteiger partial charge in [0.15, 0.2) is 5.84 Å². The van der Waals surface area contributed by atoms with Crippen molar-refractivity contribution in [3.05, 3.63) is 35.9 Å². The van der Waals surface area contributed by atoms with Crippen LogP contribution in [0.5, 0.6) is 5.88 Å². The first-order valence-electron chi connectivity index (χ1n) is 5.97. The summed E-state index contributed by atoms with van der Waals surface area (Å²) in [6.07, 6.45) is 0. The van der Waals surface area contributed by atoms with Crippen LogP contribution in [0.4, 0.5) is 0 Å². The van der Waals surface area contributed by atoms with Gasteiger partial charge in [0, 0.05) is 17.0 Å². The van der Waals surface area contributed by atoms with E-state index < -0.39 is 0 Å². The Kier molecular flexibility index (Phi) is 3.29. The minimum atomic E-state index is -0.363. The molecule has 5 nitrogen and oxygen atoms in total. The minimum Gasteiger partial charge on any atom is -0.472 e. The number of oxime groups is 1. The van der Waals surface area contributed by atoms with E-state index in [0.717, 1.165) is 10.9 Å². The molecule has 0 saturated heterocycles. The second kappa shape index (κ2) is 4.76. The van der Waals surface area contributed by atoms with E-state index in [0.29, 0.717) is 11.4 Å². The number of rotatable bonds is 2. The van der Waals surface area contributed by atoms with Crippen molar-refractivity contribution in [1.29, 1.82) is 0 Å². The van der Waals surface area contributed by atoms with Crippen LogP contribution in [-0.4, -0.2) is 21.6 Å². The zero-order valence-corrected chi connectivity index (χ0v) is 11.2. The summed E-state index contributed by atoms with van der Waals surface area (Å²) in [7, 11) is 0. The molecule has 3 N–H and O–H groups in total. The average molecular weight is 259 g/mol. The van der Waals surface area contributed by atoms with Crippen molar-refractivity contribution in [3.63, 3.8) is 0 Å². The van der Waals surface area contributed by atoms with Crippen molar-refractivity contribution in [3.8, 4) is 5.88 Å². The van der Waals surface area contributed by atoms with Crippen molar-refractivity contribution in [2.24, 2.45) is 10.9 Å². The van der Waals surface area contributed by atoms with E-state index in [1.807, 2.05) is 45.0 Å². The number of hydrogen-bond donors (Lipinski definition) is 2. The SMILES string of the molecule is CC(C)(C)Oc1cc(C(N)=NO)c2ccccc2n1. The van der Waals surface area contributed by atoms with Crippen LogP contribution in [0.15, 0.2) is 35.5 Å². The van der Waals surface area contributed by atoms with Crippen LogP contribution < -0.4 is 10.5 Å². The zero-order valence-electron chi connectivity index (χ0n) is 11.2. The number of ether oxygens (including phenoxy) is 1. The molecule has 19 heavy (non-hydrogen) atoms. The fourth-order valence-electron chi connectivity index (χ4n) is 1.78. The number of benzene rings is 1. The molecule has 2 aromatic rings. The highest BCUT2D eigenvalue weighted by Crippen LogP contribution is 2.24. The largest absolute Gasteiger partial charge is 0.472 e. The molecule has 2 rings (SSSR count). The number of nitrogens with zero attached hydrogens (tertiary/aromatic N) is 2. The highest BCUT2D eigenvalue weighted by molar-refractivity contribution is 6.08. The van der Waals surface area contributed by atoms with Gasteiger partial charge in [0.25, 0.3) is 0 Å². The first kappa shape index (κ1) is 13.1. The Hall–Kier alpha value is -2.30. The Bertz CT molecular complexity index is 630. The van der Waals surface area contributed by atoms with Crippen LogP contribution in [0.3, 0.4) is 0 Å². The molecule has 0 bridgehead atoms. The van der Waals surface area contributed by atoms with Gasteiger partial charge in [-0.25, -0.2) is 4.98 Å². The van der Waals surface area contributed by atoms with Crippen LogP contribution in [-0.2, 0) is 0 Å². The van der Waals surface area contributed by atoms with Crippen LogP contribution in [0.1, 0.15) is 26.3 Å². The molecule has 1 heterocycles. The maximum absolute atomic E-state index is 8.87. The number of pyridine rings is 1. The lowest BCUT2D eigenvalue weighted by Crippen LogP contribution is -2.24. The molecule has 0 aliphatic carbocycles. The van der Waals surface area contributed by atoms with Crippen molar-refractivity contribution in [2.45, 2.75) is 26.4 Å². The van der Waals surface area contributed by atoms with Gasteiger partial charge in [-0.05, 0) is 26.8 Å². The average Bonchev–Trinajstić information content (AvgIpc) is 2.35. The Morgan fingerprint density at radius 1 is 1.32 bits per heavy atom. The summed E-state index contributed by atoms with van der Waals surface area (Å²) in [4.78, 5) is 4.42. The Morgan fingerprint density at radius 3 is 2.63 bits per heavy atom. The van der Waals surface area contributed by atoms with Gasteiger partial charge in [-0.1, -0.05) is 23.4 Å². The number of para-hydroxylation sites is 1. The molecule has 100 valence electrons. The normalized spacial score (nSPS) is 12.7. The number of hydrogen-bond acceptors (Lipinski definition) is 4. The number of fused-ring (bicyclic) bond motifs is 1. The molecule has 1 aromatic carbocycles. The lowest BCUT2D eigenvalue weighted by atomic mass is 10.1. The minimum absolute atomic E-state index is 0.0392. The topological polar surface area (TPSA) is 80.7 Å². The molecular weight excluding hydrogens is 242 g/mol. The summed E-state index contributed by atoms with van der Waals surface area (Å²) in [6, 6.07) is 9.17. The fraction of sp³-hybridized carbons (Fsp3) is 0.286. The van der Waals surface area contributed by atoms with E-state index in [-0.39, 0.29) is 11.4 Å². The lowest BCUT2D eigenvalue weighted by molar-refractivity contribution is 0.124. The molecule has 0 saturated carbocycles. The quantitative estimate of drug-likeness (QED) is 0.376. The Balaban J connectivity index is 2.63. The lowest BCUT2D eigenvalue weighted by Gasteiger charge is -2.21. The maximum Gasteiger partial charge on any atom is 0.215 e. The molecule has 0 aliphatic heterocycles. The van der Waals surface area contributed by atoms with Gasteiger partial charge < -0.3 is 15.7 Å². The van der Waals surface area contributed by atoms with E-state index in [1.165, 1.54) is 0 Å². The second-order valence-corrected chi connectivity index (χ2v) is 5.22. The van der Waals surface area contributed by atoms with Crippen molar-refractivity contribution in [2.75, 3.05) is 0 Å². The van der Waals surface area contributed by atoms with Crippen molar-refractivity contribution < 1.29 is 9.94 Å². The van der Waals surface area contributed by atoms with Crippen molar-refractivity contribution >= 4 is 16.7 Å². The summed E-state index contributed by atoms with van der Waals surface area (Å²) in [5.74, 6) is 0.491.